The molecule has 0 saturated heterocycles. The Morgan fingerprint density at radius 2 is 1.82 bits per heavy atom. The van der Waals surface area contributed by atoms with Gasteiger partial charge in [0.15, 0.2) is 18.4 Å². The number of thioether (sulfide) groups is 1. The highest BCUT2D eigenvalue weighted by Gasteiger charge is 2.39. The molecule has 7 heteroatoms. The number of carbonyl (C=O) groups excluding carboxylic acids is 3. The van der Waals surface area contributed by atoms with Crippen molar-refractivity contribution in [1.82, 2.24) is 5.32 Å². The molecule has 0 amide bonds. The Bertz CT molecular complexity index is 1130. The summed E-state index contributed by atoms with van der Waals surface area (Å²) in [5.41, 5.74) is 10.1. The molecule has 1 aliphatic carbocycles. The third kappa shape index (κ3) is 13.6. The molecule has 3 N–H and O–H groups in total. The third-order valence-corrected chi connectivity index (χ3v) is 6.78. The fraction of sp³-hybridized carbons (Fsp3) is 0.323. The minimum atomic E-state index is 0.0750. The molecule has 0 aliphatic heterocycles. The first-order valence-corrected chi connectivity index (χ1v) is 13.4. The number of allylic oxidation sites excluding steroid dienone is 2. The zero-order valence-electron chi connectivity index (χ0n) is 22.9. The van der Waals surface area contributed by atoms with E-state index in [2.05, 4.69) is 60.8 Å². The van der Waals surface area contributed by atoms with Crippen LogP contribution in [0.15, 0.2) is 60.0 Å². The molecule has 1 aliphatic rings. The number of halogens is 1. The molecular formula is C31H39ClN2O3S. The SMILES string of the molecule is C#CCNC.C/C=C\S/C(=C\C)c1cc(Cl)cc(C2(C)CC2)c1.CC(=O)c1ccccc1CN.O=CC=O. The Kier molecular flexibility index (Phi) is 18.5. The van der Waals surface area contributed by atoms with Gasteiger partial charge in [-0.3, -0.25) is 14.4 Å². The number of nitrogens with one attached hydrogen (secondary N) is 1. The Hall–Kier alpha value is -2.95. The quantitative estimate of drug-likeness (QED) is 0.165. The third-order valence-electron chi connectivity index (χ3n) is 5.42. The molecule has 0 bridgehead atoms. The zero-order chi connectivity index (χ0) is 29.0. The molecule has 0 unspecified atom stereocenters. The van der Waals surface area contributed by atoms with E-state index in [9.17, 15) is 4.79 Å². The largest absolute Gasteiger partial charge is 0.326 e. The number of aldehydes is 2. The Labute approximate surface area is 237 Å². The lowest BCUT2D eigenvalue weighted by Crippen LogP contribution is -2.04. The first-order valence-electron chi connectivity index (χ1n) is 12.2. The molecule has 1 saturated carbocycles. The molecule has 204 valence electrons. The predicted molar refractivity (Wildman–Crippen MR) is 163 cm³/mol. The van der Waals surface area contributed by atoms with Gasteiger partial charge in [0, 0.05) is 22.0 Å². The maximum Gasteiger partial charge on any atom is 0.182 e. The zero-order valence-corrected chi connectivity index (χ0v) is 24.5. The van der Waals surface area contributed by atoms with Crippen LogP contribution in [0.4, 0.5) is 0 Å². The molecule has 0 spiro atoms. The predicted octanol–water partition coefficient (Wildman–Crippen LogP) is 6.59. The standard InChI is InChI=1S/C16H19ClS.C9H11NO.C4H7N.C2H2O2/c1-4-8-18-15(5-2)12-9-13(11-14(17)10-12)16(3)6-7-16;1-7(11)9-5-3-2-4-8(9)6-10;1-3-4-5-2;3-1-2-4/h4-5,8-11H,6-7H2,1-3H3;2-5H,6,10H2,1H3;1,5H,4H2,2H3;1-2H/b8-4-,15-5-;;;. The van der Waals surface area contributed by atoms with Crippen molar-refractivity contribution in [3.8, 4) is 12.3 Å². The van der Waals surface area contributed by atoms with E-state index in [0.717, 1.165) is 16.1 Å². The van der Waals surface area contributed by atoms with Crippen LogP contribution in [0.25, 0.3) is 4.91 Å². The van der Waals surface area contributed by atoms with Crippen LogP contribution in [-0.2, 0) is 21.5 Å². The Morgan fingerprint density at radius 1 is 1.18 bits per heavy atom. The maximum atomic E-state index is 11.0. The van der Waals surface area contributed by atoms with Gasteiger partial charge in [-0.25, -0.2) is 0 Å². The van der Waals surface area contributed by atoms with E-state index in [1.54, 1.807) is 24.8 Å². The summed E-state index contributed by atoms with van der Waals surface area (Å²) in [7, 11) is 1.82. The molecule has 38 heavy (non-hydrogen) atoms. The van der Waals surface area contributed by atoms with E-state index in [0.29, 0.717) is 18.5 Å². The fourth-order valence-electron chi connectivity index (χ4n) is 3.14. The number of Topliss-reactive ketones (excluding diaryl/α,β-unsaturated/α-hetero) is 1. The van der Waals surface area contributed by atoms with Gasteiger partial charge in [-0.2, -0.15) is 0 Å². The van der Waals surface area contributed by atoms with E-state index >= 15 is 0 Å². The van der Waals surface area contributed by atoms with Crippen LogP contribution in [0.5, 0.6) is 0 Å². The van der Waals surface area contributed by atoms with Gasteiger partial charge in [-0.1, -0.05) is 72.6 Å². The minimum Gasteiger partial charge on any atom is -0.326 e. The molecule has 2 aromatic rings. The number of hydrogen-bond donors (Lipinski definition) is 2. The lowest BCUT2D eigenvalue weighted by molar-refractivity contribution is -0.122. The van der Waals surface area contributed by atoms with Crippen molar-refractivity contribution in [3.05, 3.63) is 87.3 Å². The highest BCUT2D eigenvalue weighted by atomic mass is 35.5. The second-order valence-electron chi connectivity index (χ2n) is 8.45. The van der Waals surface area contributed by atoms with Gasteiger partial charge in [0.2, 0.25) is 0 Å². The Morgan fingerprint density at radius 3 is 2.21 bits per heavy atom. The second-order valence-corrected chi connectivity index (χ2v) is 9.84. The summed E-state index contributed by atoms with van der Waals surface area (Å²) in [6.07, 6.45) is 12.0. The molecule has 3 rings (SSSR count). The van der Waals surface area contributed by atoms with Gasteiger partial charge >= 0.3 is 0 Å². The molecule has 1 fully saturated rings. The van der Waals surface area contributed by atoms with Crippen LogP contribution in [0.3, 0.4) is 0 Å². The number of carbonyl (C=O) groups is 3. The average molecular weight is 555 g/mol. The van der Waals surface area contributed by atoms with Gasteiger partial charge in [0.25, 0.3) is 0 Å². The normalized spacial score (nSPS) is 12.8. The minimum absolute atomic E-state index is 0.0750. The number of rotatable bonds is 8. The number of nitrogens with two attached hydrogens (primary N) is 1. The first kappa shape index (κ1) is 35.0. The van der Waals surface area contributed by atoms with Crippen LogP contribution in [-0.4, -0.2) is 31.9 Å². The molecule has 0 radical (unpaired) electrons. The highest BCUT2D eigenvalue weighted by molar-refractivity contribution is 8.10. The lowest BCUT2D eigenvalue weighted by Gasteiger charge is -2.13. The summed E-state index contributed by atoms with van der Waals surface area (Å²) in [5, 5.41) is 5.73. The number of terminal acetylenes is 1. The van der Waals surface area contributed by atoms with Crippen molar-refractivity contribution in [2.24, 2.45) is 5.73 Å². The topological polar surface area (TPSA) is 89.3 Å². The van der Waals surface area contributed by atoms with E-state index in [4.69, 9.17) is 33.3 Å². The summed E-state index contributed by atoms with van der Waals surface area (Å²) in [5.74, 6) is 2.48. The van der Waals surface area contributed by atoms with E-state index in [1.807, 2.05) is 32.2 Å². The van der Waals surface area contributed by atoms with Gasteiger partial charge in [-0.05, 0) is 86.4 Å². The van der Waals surface area contributed by atoms with Gasteiger partial charge in [0.05, 0.1) is 6.54 Å². The van der Waals surface area contributed by atoms with Gasteiger partial charge in [0.1, 0.15) is 0 Å². The van der Waals surface area contributed by atoms with Crippen LogP contribution in [0.2, 0.25) is 5.02 Å². The molecule has 0 heterocycles. The fourth-order valence-corrected chi connectivity index (χ4v) is 4.05. The van der Waals surface area contributed by atoms with Crippen LogP contribution in [0.1, 0.15) is 67.6 Å². The van der Waals surface area contributed by atoms with Crippen LogP contribution >= 0.6 is 23.4 Å². The van der Waals surface area contributed by atoms with Crippen molar-refractivity contribution in [2.45, 2.75) is 52.5 Å². The van der Waals surface area contributed by atoms with Crippen molar-refractivity contribution in [3.63, 3.8) is 0 Å². The summed E-state index contributed by atoms with van der Waals surface area (Å²) in [6.45, 7) is 9.07. The molecule has 5 nitrogen and oxygen atoms in total. The monoisotopic (exact) mass is 554 g/mol. The summed E-state index contributed by atoms with van der Waals surface area (Å²) in [4.78, 5) is 29.8. The highest BCUT2D eigenvalue weighted by Crippen LogP contribution is 2.49. The van der Waals surface area contributed by atoms with Gasteiger partial charge in [-0.15, -0.1) is 6.42 Å². The number of benzene rings is 2. The van der Waals surface area contributed by atoms with Gasteiger partial charge < -0.3 is 11.1 Å². The lowest BCUT2D eigenvalue weighted by atomic mass is 9.96. The maximum absolute atomic E-state index is 11.0. The van der Waals surface area contributed by atoms with Crippen molar-refractivity contribution in [2.75, 3.05) is 13.6 Å². The van der Waals surface area contributed by atoms with E-state index in [-0.39, 0.29) is 18.4 Å². The van der Waals surface area contributed by atoms with Crippen molar-refractivity contribution < 1.29 is 14.4 Å². The van der Waals surface area contributed by atoms with Crippen molar-refractivity contribution >= 4 is 46.6 Å². The smallest absolute Gasteiger partial charge is 0.182 e. The molecule has 0 atom stereocenters. The number of ketones is 1. The molecule has 2 aromatic carbocycles. The molecule has 0 aromatic heterocycles. The van der Waals surface area contributed by atoms with Crippen LogP contribution in [0, 0.1) is 12.3 Å². The van der Waals surface area contributed by atoms with Crippen LogP contribution < -0.4 is 11.1 Å². The average Bonchev–Trinajstić information content (AvgIpc) is 3.68. The summed E-state index contributed by atoms with van der Waals surface area (Å²) < 4.78 is 0. The second kappa shape index (κ2) is 20.1. The van der Waals surface area contributed by atoms with E-state index in [1.165, 1.54) is 28.9 Å². The molecular weight excluding hydrogens is 516 g/mol. The first-order chi connectivity index (χ1) is 18.2. The summed E-state index contributed by atoms with van der Waals surface area (Å²) in [6, 6.07) is 13.9. The summed E-state index contributed by atoms with van der Waals surface area (Å²) >= 11 is 8.01. The van der Waals surface area contributed by atoms with E-state index < -0.39 is 0 Å². The Balaban J connectivity index is 0.000000580. The van der Waals surface area contributed by atoms with Crippen molar-refractivity contribution in [1.29, 1.82) is 0 Å². The number of hydrogen-bond acceptors (Lipinski definition) is 6.